The number of carbonyl (C=O) groups excluding carboxylic acids is 1. The van der Waals surface area contributed by atoms with E-state index in [4.69, 9.17) is 15.6 Å². The van der Waals surface area contributed by atoms with E-state index in [1.807, 2.05) is 4.90 Å². The number of aliphatic hydroxyl groups is 1. The number of amides is 1. The minimum Gasteiger partial charge on any atom is -0.467 e. The van der Waals surface area contributed by atoms with Gasteiger partial charge in [-0.15, -0.1) is 11.3 Å². The highest BCUT2D eigenvalue weighted by Gasteiger charge is 2.38. The Balaban J connectivity index is 0.000000215. The van der Waals surface area contributed by atoms with Crippen molar-refractivity contribution in [1.82, 2.24) is 19.8 Å². The first kappa shape index (κ1) is 40.8. The van der Waals surface area contributed by atoms with Gasteiger partial charge in [0.1, 0.15) is 34.4 Å². The Morgan fingerprint density at radius 1 is 1.20 bits per heavy atom. The zero-order valence-corrected chi connectivity index (χ0v) is 31.0. The molecule has 0 saturated carbocycles. The number of ether oxygens (including phenoxy) is 1. The summed E-state index contributed by atoms with van der Waals surface area (Å²) >= 11 is 0.698. The first-order valence-corrected chi connectivity index (χ1v) is 18.6. The average Bonchev–Trinajstić information content (AvgIpc) is 3.92. The number of nitrogens with zero attached hydrogens (tertiary/aromatic N) is 5. The first-order valence-electron chi connectivity index (χ1n) is 17.8. The van der Waals surface area contributed by atoms with Crippen LogP contribution in [0.25, 0.3) is 32.1 Å². The summed E-state index contributed by atoms with van der Waals surface area (Å²) in [6.45, 7) is 6.95. The summed E-state index contributed by atoms with van der Waals surface area (Å²) in [4.78, 5) is 23.5. The van der Waals surface area contributed by atoms with Gasteiger partial charge in [0, 0.05) is 61.1 Å². The van der Waals surface area contributed by atoms with Crippen LogP contribution in [0, 0.1) is 23.0 Å². The molecular weight excluding hydrogens is 737 g/mol. The molecule has 0 radical (unpaired) electrons. The zero-order chi connectivity index (χ0) is 39.3. The smallest absolute Gasteiger partial charge is 0.417 e. The molecule has 3 saturated heterocycles. The third-order valence-corrected chi connectivity index (χ3v) is 10.9. The van der Waals surface area contributed by atoms with Crippen molar-refractivity contribution >= 4 is 49.1 Å². The molecule has 292 valence electrons. The van der Waals surface area contributed by atoms with Crippen molar-refractivity contribution in [2.75, 3.05) is 50.9 Å². The number of likely N-dealkylation sites (tertiary alicyclic amines) is 1. The van der Waals surface area contributed by atoms with Crippen molar-refractivity contribution in [3.05, 3.63) is 41.0 Å². The number of nitriles is 1. The summed E-state index contributed by atoms with van der Waals surface area (Å²) in [5.41, 5.74) is 2.59. The van der Waals surface area contributed by atoms with E-state index < -0.39 is 40.6 Å². The van der Waals surface area contributed by atoms with Gasteiger partial charge in [0.15, 0.2) is 5.82 Å². The maximum Gasteiger partial charge on any atom is 0.417 e. The lowest BCUT2D eigenvalue weighted by atomic mass is 9.92. The number of hydrogen-bond acceptors (Lipinski definition) is 10. The number of aromatic nitrogens is 2. The highest BCUT2D eigenvalue weighted by molar-refractivity contribution is 7.23. The quantitative estimate of drug-likeness (QED) is 0.161. The molecule has 17 heteroatoms. The number of nitrogens with one attached hydrogen (secondary N) is 1. The number of hydrogen-bond donors (Lipinski definition) is 3. The molecule has 4 aromatic rings. The van der Waals surface area contributed by atoms with Crippen LogP contribution >= 0.6 is 11.3 Å². The van der Waals surface area contributed by atoms with Crippen molar-refractivity contribution in [3.63, 3.8) is 0 Å². The molecule has 2 aromatic heterocycles. The summed E-state index contributed by atoms with van der Waals surface area (Å²) in [7, 11) is 1.23. The number of aliphatic hydroxyl groups excluding tert-OH is 1. The molecule has 2 aromatic carbocycles. The molecule has 3 atom stereocenters. The lowest BCUT2D eigenvalue weighted by Crippen LogP contribution is -2.33. The van der Waals surface area contributed by atoms with E-state index in [9.17, 15) is 32.0 Å². The van der Waals surface area contributed by atoms with Gasteiger partial charge in [0.2, 0.25) is 5.91 Å². The number of rotatable bonds is 7. The number of methoxy groups -OCH3 is 1. The molecule has 0 aliphatic carbocycles. The van der Waals surface area contributed by atoms with E-state index in [0.717, 1.165) is 50.6 Å². The number of fused-ring (bicyclic) bond motifs is 3. The number of halogens is 6. The van der Waals surface area contributed by atoms with Gasteiger partial charge in [-0.05, 0) is 76.6 Å². The molecule has 54 heavy (non-hydrogen) atoms. The normalized spacial score (nSPS) is 19.6. The van der Waals surface area contributed by atoms with E-state index in [1.54, 1.807) is 13.0 Å². The maximum absolute atomic E-state index is 15.9. The monoisotopic (exact) mass is 779 g/mol. The predicted octanol–water partition coefficient (Wildman–Crippen LogP) is 7.67. The van der Waals surface area contributed by atoms with Crippen molar-refractivity contribution in [2.45, 2.75) is 83.2 Å². The SMILES string of the molecule is CC1CCCN1C(=O)CCCO.CCNc1nc(OC)nc2c(F)c(-c3ccc(F)c4sc(N)c(C#N)c34)c(C(F)(F)F)cc12.FC1CC2CCCN2C1. The molecule has 4 N–H and O–H groups in total. The van der Waals surface area contributed by atoms with Gasteiger partial charge >= 0.3 is 12.2 Å². The Hall–Kier alpha value is -4.40. The molecule has 10 nitrogen and oxygen atoms in total. The van der Waals surface area contributed by atoms with Crippen LogP contribution in [0.3, 0.4) is 0 Å². The molecular formula is C37H43F6N7O3S. The van der Waals surface area contributed by atoms with Gasteiger partial charge in [0.25, 0.3) is 0 Å². The van der Waals surface area contributed by atoms with Crippen LogP contribution in [0.1, 0.15) is 69.9 Å². The fraction of sp³-hybridized carbons (Fsp3) is 0.514. The molecule has 0 bridgehead atoms. The fourth-order valence-corrected chi connectivity index (χ4v) is 8.25. The zero-order valence-electron chi connectivity index (χ0n) is 30.2. The molecule has 3 aliphatic heterocycles. The largest absolute Gasteiger partial charge is 0.467 e. The summed E-state index contributed by atoms with van der Waals surface area (Å²) in [5.74, 6) is -1.95. The van der Waals surface area contributed by atoms with Crippen LogP contribution in [0.5, 0.6) is 6.01 Å². The number of anilines is 2. The van der Waals surface area contributed by atoms with Gasteiger partial charge in [0.05, 0.1) is 22.9 Å². The fourth-order valence-electron chi connectivity index (χ4n) is 7.30. The molecule has 3 fully saturated rings. The van der Waals surface area contributed by atoms with Crippen LogP contribution in [-0.2, 0) is 11.0 Å². The van der Waals surface area contributed by atoms with Gasteiger partial charge in [-0.2, -0.15) is 28.4 Å². The minimum absolute atomic E-state index is 0.0444. The first-order chi connectivity index (χ1) is 25.7. The minimum atomic E-state index is -5.00. The van der Waals surface area contributed by atoms with E-state index in [-0.39, 0.29) is 62.5 Å². The Morgan fingerprint density at radius 3 is 2.56 bits per heavy atom. The van der Waals surface area contributed by atoms with E-state index >= 15 is 4.39 Å². The second-order valence-corrected chi connectivity index (χ2v) is 14.4. The van der Waals surface area contributed by atoms with Crippen LogP contribution in [0.15, 0.2) is 18.2 Å². The highest BCUT2D eigenvalue weighted by Crippen LogP contribution is 2.47. The second kappa shape index (κ2) is 17.4. The van der Waals surface area contributed by atoms with Gasteiger partial charge in [-0.3, -0.25) is 9.69 Å². The molecule has 0 spiro atoms. The number of alkyl halides is 4. The Kier molecular flexibility index (Phi) is 13.1. The predicted molar refractivity (Wildman–Crippen MR) is 196 cm³/mol. The Bertz CT molecular complexity index is 2010. The van der Waals surface area contributed by atoms with Crippen LogP contribution < -0.4 is 15.8 Å². The van der Waals surface area contributed by atoms with Crippen molar-refractivity contribution in [2.24, 2.45) is 0 Å². The van der Waals surface area contributed by atoms with Crippen LogP contribution in [0.2, 0.25) is 0 Å². The number of nitrogen functional groups attached to an aromatic ring is 1. The third kappa shape index (κ3) is 8.61. The van der Waals surface area contributed by atoms with Gasteiger partial charge < -0.3 is 25.8 Å². The lowest BCUT2D eigenvalue weighted by Gasteiger charge is -2.20. The third-order valence-electron chi connectivity index (χ3n) is 9.82. The maximum atomic E-state index is 15.9. The summed E-state index contributed by atoms with van der Waals surface area (Å²) in [6.07, 6.45) is 1.18. The standard InChI is InChI=1S/C21H14F5N5OS.C9H17NO2.C7H12FN/c1-3-29-19-9-6-11(21(24,25)26)14(15(23)16(9)30-20(31-19)32-2)8-4-5-12(22)17-13(8)10(7-27)18(28)33-17;1-8-4-2-6-10(8)9(12)5-3-7-11;8-6-4-7-2-1-3-9(7)5-6/h4-6H,3,28H2,1-2H3,(H,29,30,31);8,11H,2-7H2,1H3;6-7H,1-5H2. The van der Waals surface area contributed by atoms with Crippen molar-refractivity contribution < 1.29 is 41.0 Å². The van der Waals surface area contributed by atoms with Gasteiger partial charge in [-0.25, -0.2) is 13.2 Å². The summed E-state index contributed by atoms with van der Waals surface area (Å²) in [6, 6.07) is 5.16. The Labute approximate surface area is 312 Å². The summed E-state index contributed by atoms with van der Waals surface area (Å²) in [5, 5.41) is 20.3. The summed E-state index contributed by atoms with van der Waals surface area (Å²) < 4.78 is 90.2. The number of benzene rings is 2. The number of nitrogens with two attached hydrogens (primary N) is 1. The van der Waals surface area contributed by atoms with E-state index in [0.29, 0.717) is 42.8 Å². The lowest BCUT2D eigenvalue weighted by molar-refractivity contribution is -0.137. The number of thiophene rings is 1. The number of carbonyl (C=O) groups is 1. The average molecular weight is 780 g/mol. The topological polar surface area (TPSA) is 141 Å². The van der Waals surface area contributed by atoms with Crippen molar-refractivity contribution in [1.29, 1.82) is 5.26 Å². The molecule has 5 heterocycles. The van der Waals surface area contributed by atoms with E-state index in [1.165, 1.54) is 20.0 Å². The molecule has 1 amide bonds. The molecule has 3 unspecified atom stereocenters. The highest BCUT2D eigenvalue weighted by atomic mass is 32.1. The molecule has 3 aliphatic rings. The van der Waals surface area contributed by atoms with E-state index in [2.05, 4.69) is 27.1 Å². The van der Waals surface area contributed by atoms with Crippen LogP contribution in [0.4, 0.5) is 37.2 Å². The second-order valence-electron chi connectivity index (χ2n) is 13.4. The Morgan fingerprint density at radius 2 is 1.94 bits per heavy atom. The molecule has 7 rings (SSSR count). The van der Waals surface area contributed by atoms with Crippen LogP contribution in [-0.4, -0.2) is 88.9 Å². The van der Waals surface area contributed by atoms with Gasteiger partial charge in [-0.1, -0.05) is 6.07 Å². The van der Waals surface area contributed by atoms with Crippen molar-refractivity contribution in [3.8, 4) is 23.2 Å².